The van der Waals surface area contributed by atoms with E-state index < -0.39 is 12.8 Å². The summed E-state index contributed by atoms with van der Waals surface area (Å²) < 4.78 is 62.8. The Morgan fingerprint density at radius 2 is 1.44 bits per heavy atom. The number of halogens is 4. The van der Waals surface area contributed by atoms with Crippen molar-refractivity contribution < 1.29 is 27.0 Å². The van der Waals surface area contributed by atoms with Gasteiger partial charge in [-0.3, -0.25) is 4.98 Å². The van der Waals surface area contributed by atoms with E-state index in [0.717, 1.165) is 53.8 Å². The molecule has 3 nitrogen and oxygen atoms in total. The Kier molecular flexibility index (Phi) is 11.0. The van der Waals surface area contributed by atoms with Crippen LogP contribution in [0.2, 0.25) is 0 Å². The number of pyridine rings is 1. The van der Waals surface area contributed by atoms with Gasteiger partial charge < -0.3 is 9.47 Å². The molecule has 0 amide bonds. The summed E-state index contributed by atoms with van der Waals surface area (Å²) in [5.41, 5.74) is 3.61. The van der Waals surface area contributed by atoms with Crippen LogP contribution in [0.5, 0.6) is 11.5 Å². The molecular formula is C34H37F4NO2. The number of fused-ring (bicyclic) bond motifs is 1. The number of nitrogens with zero attached hydrogens (tertiary/aromatic N) is 1. The number of hydrogen-bond acceptors (Lipinski definition) is 3. The second-order valence-corrected chi connectivity index (χ2v) is 10.4. The summed E-state index contributed by atoms with van der Waals surface area (Å²) in [6.45, 7) is 1.60. The van der Waals surface area contributed by atoms with Crippen LogP contribution in [-0.2, 0) is 25.7 Å². The summed E-state index contributed by atoms with van der Waals surface area (Å²) in [5, 5.41) is 1.43. The first-order chi connectivity index (χ1) is 19.8. The first-order valence-corrected chi connectivity index (χ1v) is 14.4. The van der Waals surface area contributed by atoms with Gasteiger partial charge in [-0.05, 0) is 78.4 Å². The SMILES string of the molecule is CCCCCCCOc1ccc(CCc2ccc3c(F)c(CCc4ccc(OCC(F)(F)F)cc4)ccc3c2)nc1. The van der Waals surface area contributed by atoms with Crippen LogP contribution in [0.3, 0.4) is 0 Å². The van der Waals surface area contributed by atoms with Crippen molar-refractivity contribution in [1.82, 2.24) is 4.98 Å². The molecule has 4 rings (SSSR count). The molecule has 0 fully saturated rings. The Morgan fingerprint density at radius 1 is 0.707 bits per heavy atom. The Morgan fingerprint density at radius 3 is 2.17 bits per heavy atom. The fourth-order valence-electron chi connectivity index (χ4n) is 4.74. The fraction of sp³-hybridized carbons (Fsp3) is 0.382. The zero-order valence-electron chi connectivity index (χ0n) is 23.5. The minimum absolute atomic E-state index is 0.157. The first-order valence-electron chi connectivity index (χ1n) is 14.4. The average molecular weight is 568 g/mol. The Balaban J connectivity index is 1.27. The highest BCUT2D eigenvalue weighted by molar-refractivity contribution is 5.84. The summed E-state index contributed by atoms with van der Waals surface area (Å²) >= 11 is 0. The molecular weight excluding hydrogens is 530 g/mol. The molecule has 218 valence electrons. The van der Waals surface area contributed by atoms with Crippen LogP contribution in [0.4, 0.5) is 17.6 Å². The van der Waals surface area contributed by atoms with Gasteiger partial charge in [0, 0.05) is 11.1 Å². The molecule has 7 heteroatoms. The number of rotatable bonds is 15. The zero-order chi connectivity index (χ0) is 29.1. The quantitative estimate of drug-likeness (QED) is 0.106. The summed E-state index contributed by atoms with van der Waals surface area (Å²) in [4.78, 5) is 4.54. The lowest BCUT2D eigenvalue weighted by atomic mass is 9.98. The van der Waals surface area contributed by atoms with Crippen LogP contribution >= 0.6 is 0 Å². The van der Waals surface area contributed by atoms with Crippen molar-refractivity contribution in [2.24, 2.45) is 0 Å². The molecule has 0 aliphatic heterocycles. The molecule has 0 unspecified atom stereocenters. The molecule has 0 saturated heterocycles. The van der Waals surface area contributed by atoms with Crippen LogP contribution in [0.25, 0.3) is 10.8 Å². The van der Waals surface area contributed by atoms with E-state index in [2.05, 4.69) is 11.9 Å². The van der Waals surface area contributed by atoms with Gasteiger partial charge >= 0.3 is 6.18 Å². The second-order valence-electron chi connectivity index (χ2n) is 10.4. The van der Waals surface area contributed by atoms with Crippen molar-refractivity contribution in [2.45, 2.75) is 70.9 Å². The van der Waals surface area contributed by atoms with Crippen molar-refractivity contribution in [1.29, 1.82) is 0 Å². The van der Waals surface area contributed by atoms with Crippen LogP contribution in [0.15, 0.2) is 72.9 Å². The molecule has 0 bridgehead atoms. The third kappa shape index (κ3) is 9.76. The minimum Gasteiger partial charge on any atom is -0.492 e. The van der Waals surface area contributed by atoms with Crippen molar-refractivity contribution in [2.75, 3.05) is 13.2 Å². The largest absolute Gasteiger partial charge is 0.492 e. The zero-order valence-corrected chi connectivity index (χ0v) is 23.5. The summed E-state index contributed by atoms with van der Waals surface area (Å²) in [5.74, 6) is 0.721. The smallest absolute Gasteiger partial charge is 0.422 e. The van der Waals surface area contributed by atoms with Gasteiger partial charge in [0.25, 0.3) is 0 Å². The summed E-state index contributed by atoms with van der Waals surface area (Å²) in [6, 6.07) is 20.0. The third-order valence-electron chi connectivity index (χ3n) is 7.09. The number of hydrogen-bond donors (Lipinski definition) is 0. The second kappa shape index (κ2) is 14.9. The molecule has 0 aliphatic carbocycles. The maximum Gasteiger partial charge on any atom is 0.422 e. The molecule has 41 heavy (non-hydrogen) atoms. The Labute approximate surface area is 239 Å². The average Bonchev–Trinajstić information content (AvgIpc) is 2.97. The maximum absolute atomic E-state index is 15.3. The molecule has 1 aromatic heterocycles. The number of ether oxygens (including phenoxy) is 2. The Bertz CT molecular complexity index is 1370. The van der Waals surface area contributed by atoms with Crippen molar-refractivity contribution in [3.63, 3.8) is 0 Å². The van der Waals surface area contributed by atoms with Crippen LogP contribution in [-0.4, -0.2) is 24.4 Å². The Hall–Kier alpha value is -3.61. The van der Waals surface area contributed by atoms with E-state index in [1.807, 2.05) is 42.5 Å². The first kappa shape index (κ1) is 30.4. The van der Waals surface area contributed by atoms with E-state index in [1.54, 1.807) is 18.3 Å². The van der Waals surface area contributed by atoms with Gasteiger partial charge in [-0.1, -0.05) is 75.1 Å². The van der Waals surface area contributed by atoms with Crippen LogP contribution < -0.4 is 9.47 Å². The number of alkyl halides is 3. The summed E-state index contributed by atoms with van der Waals surface area (Å²) in [7, 11) is 0. The topological polar surface area (TPSA) is 31.4 Å². The van der Waals surface area contributed by atoms with Gasteiger partial charge in [0.2, 0.25) is 0 Å². The monoisotopic (exact) mass is 567 g/mol. The molecule has 1 heterocycles. The molecule has 0 aliphatic rings. The van der Waals surface area contributed by atoms with Gasteiger partial charge in [0.15, 0.2) is 6.61 Å². The van der Waals surface area contributed by atoms with E-state index in [4.69, 9.17) is 9.47 Å². The molecule has 0 spiro atoms. The lowest BCUT2D eigenvalue weighted by Gasteiger charge is -2.11. The van der Waals surface area contributed by atoms with Gasteiger partial charge in [-0.2, -0.15) is 13.2 Å². The molecule has 0 radical (unpaired) electrons. The molecule has 0 N–H and O–H groups in total. The van der Waals surface area contributed by atoms with Gasteiger partial charge in [-0.25, -0.2) is 4.39 Å². The van der Waals surface area contributed by atoms with Crippen LogP contribution in [0, 0.1) is 5.82 Å². The molecule has 0 atom stereocenters. The van der Waals surface area contributed by atoms with Gasteiger partial charge in [0.05, 0.1) is 12.8 Å². The van der Waals surface area contributed by atoms with Crippen LogP contribution in [0.1, 0.15) is 61.4 Å². The van der Waals surface area contributed by atoms with Gasteiger partial charge in [-0.15, -0.1) is 0 Å². The van der Waals surface area contributed by atoms with Crippen molar-refractivity contribution in [3.05, 3.63) is 101 Å². The lowest BCUT2D eigenvalue weighted by molar-refractivity contribution is -0.153. The highest BCUT2D eigenvalue weighted by atomic mass is 19.4. The standard InChI is InChI=1S/C34H37F4NO2/c1-2-3-4-5-6-21-40-31-19-16-29(39-23-31)15-8-26-11-20-32-28(22-26)14-13-27(33(32)35)12-7-25-9-17-30(18-10-25)41-24-34(36,37)38/h9-11,13-14,16-20,22-23H,2-8,12,15,21,24H2,1H3. The van der Waals surface area contributed by atoms with E-state index >= 15 is 4.39 Å². The maximum atomic E-state index is 15.3. The fourth-order valence-corrected chi connectivity index (χ4v) is 4.74. The molecule has 0 saturated carbocycles. The molecule has 3 aromatic carbocycles. The highest BCUT2D eigenvalue weighted by Gasteiger charge is 2.28. The van der Waals surface area contributed by atoms with E-state index in [1.165, 1.54) is 37.8 Å². The number of aryl methyl sites for hydroxylation is 4. The van der Waals surface area contributed by atoms with Gasteiger partial charge in [0.1, 0.15) is 17.3 Å². The normalized spacial score (nSPS) is 11.6. The van der Waals surface area contributed by atoms with Crippen molar-refractivity contribution in [3.8, 4) is 11.5 Å². The molecule has 4 aromatic rings. The highest BCUT2D eigenvalue weighted by Crippen LogP contribution is 2.25. The predicted molar refractivity (Wildman–Crippen MR) is 155 cm³/mol. The van der Waals surface area contributed by atoms with E-state index in [0.29, 0.717) is 23.8 Å². The predicted octanol–water partition coefficient (Wildman–Crippen LogP) is 9.23. The lowest BCUT2D eigenvalue weighted by Crippen LogP contribution is -2.19. The number of unbranched alkanes of at least 4 members (excludes halogenated alkanes) is 4. The summed E-state index contributed by atoms with van der Waals surface area (Å²) in [6.07, 6.45) is 6.06. The van der Waals surface area contributed by atoms with E-state index in [9.17, 15) is 13.2 Å². The van der Waals surface area contributed by atoms with Crippen molar-refractivity contribution >= 4 is 10.8 Å². The minimum atomic E-state index is -4.38. The number of aromatic nitrogens is 1. The number of benzene rings is 3. The third-order valence-corrected chi connectivity index (χ3v) is 7.09. The van der Waals surface area contributed by atoms with E-state index in [-0.39, 0.29) is 11.6 Å².